The van der Waals surface area contributed by atoms with E-state index in [4.69, 9.17) is 0 Å². The van der Waals surface area contributed by atoms with Gasteiger partial charge in [-0.1, -0.05) is 144 Å². The molecule has 54 heavy (non-hydrogen) atoms. The van der Waals surface area contributed by atoms with Crippen LogP contribution in [0.25, 0.3) is 5.57 Å². The summed E-state index contributed by atoms with van der Waals surface area (Å²) in [5, 5.41) is 0. The molecule has 0 atom stereocenters. The number of benzene rings is 7. The van der Waals surface area contributed by atoms with Crippen LogP contribution in [0, 0.1) is 27.7 Å². The minimum atomic E-state index is -0.472. The molecule has 0 unspecified atom stereocenters. The van der Waals surface area contributed by atoms with Gasteiger partial charge in [-0.05, 0) is 129 Å². The summed E-state index contributed by atoms with van der Waals surface area (Å²) in [6.45, 7) is 8.58. The molecule has 1 aliphatic carbocycles. The molecule has 0 fully saturated rings. The first-order valence-electron chi connectivity index (χ1n) is 18.9. The summed E-state index contributed by atoms with van der Waals surface area (Å²) >= 11 is 0. The monoisotopic (exact) mass is 698 g/mol. The Morgan fingerprint density at radius 2 is 0.778 bits per heavy atom. The van der Waals surface area contributed by atoms with Gasteiger partial charge >= 0.3 is 0 Å². The van der Waals surface area contributed by atoms with Crippen molar-refractivity contribution in [1.29, 1.82) is 0 Å². The summed E-state index contributed by atoms with van der Waals surface area (Å²) in [5.74, 6) is 0. The van der Waals surface area contributed by atoms with Crippen LogP contribution in [-0.2, 0) is 5.41 Å². The Balaban J connectivity index is 1.34. The van der Waals surface area contributed by atoms with Gasteiger partial charge in [-0.3, -0.25) is 0 Å². The summed E-state index contributed by atoms with van der Waals surface area (Å²) in [6, 6.07) is 64.8. The predicted molar refractivity (Wildman–Crippen MR) is 230 cm³/mol. The molecule has 8 rings (SSSR count). The smallest absolute Gasteiger partial charge is 0.0493 e. The molecule has 7 aromatic rings. The summed E-state index contributed by atoms with van der Waals surface area (Å²) in [4.78, 5) is 4.77. The van der Waals surface area contributed by atoms with Gasteiger partial charge < -0.3 is 9.80 Å². The number of aryl methyl sites for hydroxylation is 4. The van der Waals surface area contributed by atoms with Crippen molar-refractivity contribution in [3.8, 4) is 0 Å². The Bertz CT molecular complexity index is 2190. The molecule has 7 aromatic carbocycles. The first kappa shape index (κ1) is 34.7. The van der Waals surface area contributed by atoms with E-state index in [1.807, 2.05) is 0 Å². The molecule has 2 nitrogen and oxygen atoms in total. The third-order valence-electron chi connectivity index (χ3n) is 10.7. The lowest BCUT2D eigenvalue weighted by Gasteiger charge is -2.40. The Labute approximate surface area is 321 Å². The number of allylic oxidation sites excluding steroid dienone is 4. The largest absolute Gasteiger partial charge is 0.310 e. The highest BCUT2D eigenvalue weighted by atomic mass is 15.1. The van der Waals surface area contributed by atoms with Gasteiger partial charge in [-0.15, -0.1) is 0 Å². The maximum Gasteiger partial charge on any atom is 0.0493 e. The van der Waals surface area contributed by atoms with Gasteiger partial charge in [0, 0.05) is 39.5 Å². The third-order valence-corrected chi connectivity index (χ3v) is 10.7. The van der Waals surface area contributed by atoms with Crippen LogP contribution in [0.2, 0.25) is 0 Å². The number of rotatable bonds is 9. The molecule has 0 radical (unpaired) electrons. The quantitative estimate of drug-likeness (QED) is 0.148. The predicted octanol–water partition coefficient (Wildman–Crippen LogP) is 14.2. The summed E-state index contributed by atoms with van der Waals surface area (Å²) in [6.07, 6.45) is 7.71. The van der Waals surface area contributed by atoms with E-state index in [9.17, 15) is 0 Å². The van der Waals surface area contributed by atoms with Crippen LogP contribution in [0.1, 0.15) is 45.4 Å². The van der Waals surface area contributed by atoms with E-state index in [2.05, 4.69) is 232 Å². The second-order valence-electron chi connectivity index (χ2n) is 14.6. The molecule has 1 aliphatic rings. The minimum Gasteiger partial charge on any atom is -0.310 e. The van der Waals surface area contributed by atoms with Crippen LogP contribution in [0.4, 0.5) is 34.1 Å². The second-order valence-corrected chi connectivity index (χ2v) is 14.6. The highest BCUT2D eigenvalue weighted by Crippen LogP contribution is 2.51. The fraction of sp³-hybridized carbons (Fsp3) is 0.115. The molecule has 0 saturated carbocycles. The molecule has 0 bridgehead atoms. The maximum absolute atomic E-state index is 2.42. The summed E-state index contributed by atoms with van der Waals surface area (Å²) in [5.41, 5.74) is 16.3. The fourth-order valence-corrected chi connectivity index (χ4v) is 7.83. The van der Waals surface area contributed by atoms with Crippen molar-refractivity contribution >= 4 is 39.7 Å². The van der Waals surface area contributed by atoms with Gasteiger partial charge in [0.15, 0.2) is 0 Å². The van der Waals surface area contributed by atoms with Crippen molar-refractivity contribution in [2.24, 2.45) is 0 Å². The van der Waals surface area contributed by atoms with Gasteiger partial charge in [-0.25, -0.2) is 0 Å². The highest BCUT2D eigenvalue weighted by Gasteiger charge is 2.40. The molecular formula is C52H46N2. The average molecular weight is 699 g/mol. The summed E-state index contributed by atoms with van der Waals surface area (Å²) < 4.78 is 0. The van der Waals surface area contributed by atoms with Crippen molar-refractivity contribution in [2.75, 3.05) is 9.80 Å². The Morgan fingerprint density at radius 3 is 1.17 bits per heavy atom. The van der Waals surface area contributed by atoms with Crippen LogP contribution in [-0.4, -0.2) is 0 Å². The lowest BCUT2D eigenvalue weighted by molar-refractivity contribution is 0.669. The molecule has 2 heteroatoms. The van der Waals surface area contributed by atoms with Crippen molar-refractivity contribution in [1.82, 2.24) is 0 Å². The molecule has 0 aromatic heterocycles. The van der Waals surface area contributed by atoms with E-state index < -0.39 is 5.41 Å². The Kier molecular flexibility index (Phi) is 9.59. The van der Waals surface area contributed by atoms with Crippen molar-refractivity contribution in [3.63, 3.8) is 0 Å². The molecule has 0 spiro atoms. The van der Waals surface area contributed by atoms with Gasteiger partial charge in [-0.2, -0.15) is 0 Å². The van der Waals surface area contributed by atoms with Crippen LogP contribution >= 0.6 is 0 Å². The molecule has 0 saturated heterocycles. The lowest BCUT2D eigenvalue weighted by Crippen LogP contribution is -2.31. The highest BCUT2D eigenvalue weighted by molar-refractivity contribution is 5.86. The molecular weight excluding hydrogens is 653 g/mol. The number of nitrogens with zero attached hydrogens (tertiary/aromatic N) is 2. The topological polar surface area (TPSA) is 6.48 Å². The first-order valence-corrected chi connectivity index (χ1v) is 18.9. The number of anilines is 6. The Hall–Kier alpha value is -6.38. The zero-order valence-electron chi connectivity index (χ0n) is 31.6. The van der Waals surface area contributed by atoms with Crippen LogP contribution in [0.3, 0.4) is 0 Å². The lowest BCUT2D eigenvalue weighted by atomic mass is 9.63. The van der Waals surface area contributed by atoms with E-state index in [0.29, 0.717) is 0 Å². The first-order chi connectivity index (χ1) is 26.4. The minimum absolute atomic E-state index is 0.472. The second kappa shape index (κ2) is 14.9. The van der Waals surface area contributed by atoms with E-state index >= 15 is 0 Å². The third kappa shape index (κ3) is 6.79. The van der Waals surface area contributed by atoms with Gasteiger partial charge in [0.2, 0.25) is 0 Å². The zero-order valence-corrected chi connectivity index (χ0v) is 31.6. The van der Waals surface area contributed by atoms with E-state index in [1.54, 1.807) is 0 Å². The van der Waals surface area contributed by atoms with Crippen LogP contribution in [0.15, 0.2) is 194 Å². The standard InChI is InChI=1S/C52H46N2/c1-38-19-27-45(28-20-38)53(46-29-21-39(2)22-30-46)49-16-10-14-43(36-49)52(35-9-8-18-51(52)42-12-6-5-7-13-42)44-15-11-17-50(37-44)54(47-31-23-40(3)24-32-47)48-33-25-41(4)26-34-48/h5-34,36-37H,35H2,1-4H3. The molecule has 0 heterocycles. The van der Waals surface area contributed by atoms with Gasteiger partial charge in [0.1, 0.15) is 0 Å². The van der Waals surface area contributed by atoms with Crippen molar-refractivity contribution in [2.45, 2.75) is 39.5 Å². The van der Waals surface area contributed by atoms with Crippen molar-refractivity contribution in [3.05, 3.63) is 233 Å². The van der Waals surface area contributed by atoms with E-state index in [-0.39, 0.29) is 0 Å². The van der Waals surface area contributed by atoms with Gasteiger partial charge in [0.05, 0.1) is 0 Å². The fourth-order valence-electron chi connectivity index (χ4n) is 7.83. The maximum atomic E-state index is 2.42. The average Bonchev–Trinajstić information content (AvgIpc) is 3.21. The van der Waals surface area contributed by atoms with Crippen molar-refractivity contribution < 1.29 is 0 Å². The molecule has 0 amide bonds. The molecule has 0 N–H and O–H groups in total. The zero-order chi connectivity index (χ0) is 37.1. The van der Waals surface area contributed by atoms with Crippen LogP contribution in [0.5, 0.6) is 0 Å². The molecule has 264 valence electrons. The number of hydrogen-bond acceptors (Lipinski definition) is 2. The summed E-state index contributed by atoms with van der Waals surface area (Å²) in [7, 11) is 0. The molecule has 0 aliphatic heterocycles. The van der Waals surface area contributed by atoms with E-state index in [1.165, 1.54) is 44.5 Å². The normalized spacial score (nSPS) is 13.3. The van der Waals surface area contributed by atoms with Gasteiger partial charge in [0.25, 0.3) is 0 Å². The van der Waals surface area contributed by atoms with E-state index in [0.717, 1.165) is 40.5 Å². The van der Waals surface area contributed by atoms with Crippen LogP contribution < -0.4 is 9.80 Å². The Morgan fingerprint density at radius 1 is 0.389 bits per heavy atom. The number of hydrogen-bond donors (Lipinski definition) is 0. The SMILES string of the molecule is Cc1ccc(N(c2ccc(C)cc2)c2cccc(C3(c4cccc(N(c5ccc(C)cc5)c5ccc(C)cc5)c4)CC=CC=C3c3ccccc3)c2)cc1.